The van der Waals surface area contributed by atoms with Gasteiger partial charge in [-0.3, -0.25) is 4.79 Å². The van der Waals surface area contributed by atoms with E-state index < -0.39 is 11.9 Å². The first-order valence-corrected chi connectivity index (χ1v) is 4.53. The third-order valence-corrected chi connectivity index (χ3v) is 1.78. The number of aliphatic hydroxyl groups is 1. The number of amides is 1. The minimum Gasteiger partial charge on any atom is -0.478 e. The standard InChI is InChI=1S/C11H11NO4/c13-7-8-1-3-9(4-2-8)12-10(14)5-6-11(15)16/h1-6,13H,7H2,(H,12,14)(H,15,16)/b6-5-. The Morgan fingerprint density at radius 2 is 1.81 bits per heavy atom. The lowest BCUT2D eigenvalue weighted by Gasteiger charge is -2.02. The van der Waals surface area contributed by atoms with E-state index in [1.165, 1.54) is 0 Å². The lowest BCUT2D eigenvalue weighted by molar-refractivity contribution is -0.131. The number of carboxylic acid groups (broad SMARTS) is 1. The number of carbonyl (C=O) groups excluding carboxylic acids is 1. The number of hydrogen-bond acceptors (Lipinski definition) is 3. The van der Waals surface area contributed by atoms with E-state index in [1.54, 1.807) is 24.3 Å². The fraction of sp³-hybridized carbons (Fsp3) is 0.0909. The van der Waals surface area contributed by atoms with Crippen molar-refractivity contribution in [1.82, 2.24) is 0 Å². The average Bonchev–Trinajstić information content (AvgIpc) is 2.27. The number of aliphatic hydroxyl groups excluding tert-OH is 1. The van der Waals surface area contributed by atoms with Crippen molar-refractivity contribution in [3.05, 3.63) is 42.0 Å². The van der Waals surface area contributed by atoms with E-state index in [0.29, 0.717) is 5.69 Å². The second-order valence-corrected chi connectivity index (χ2v) is 3.02. The zero-order chi connectivity index (χ0) is 12.0. The second-order valence-electron chi connectivity index (χ2n) is 3.02. The molecule has 1 aromatic rings. The van der Waals surface area contributed by atoms with Gasteiger partial charge in [-0.05, 0) is 17.7 Å². The molecule has 0 radical (unpaired) electrons. The number of nitrogens with one attached hydrogen (secondary N) is 1. The normalized spacial score (nSPS) is 10.3. The van der Waals surface area contributed by atoms with Gasteiger partial charge >= 0.3 is 5.97 Å². The molecule has 0 aromatic heterocycles. The summed E-state index contributed by atoms with van der Waals surface area (Å²) in [6.07, 6.45) is 1.69. The summed E-state index contributed by atoms with van der Waals surface area (Å²) < 4.78 is 0. The maximum atomic E-state index is 11.2. The van der Waals surface area contributed by atoms with E-state index in [9.17, 15) is 9.59 Å². The number of carboxylic acids is 1. The van der Waals surface area contributed by atoms with Gasteiger partial charge in [0.25, 0.3) is 0 Å². The Morgan fingerprint density at radius 1 is 1.19 bits per heavy atom. The molecule has 0 spiro atoms. The summed E-state index contributed by atoms with van der Waals surface area (Å²) in [7, 11) is 0. The zero-order valence-corrected chi connectivity index (χ0v) is 8.38. The van der Waals surface area contributed by atoms with E-state index in [4.69, 9.17) is 10.2 Å². The van der Waals surface area contributed by atoms with Crippen LogP contribution in [-0.2, 0) is 16.2 Å². The quantitative estimate of drug-likeness (QED) is 0.655. The molecule has 5 heteroatoms. The Labute approximate surface area is 92.0 Å². The van der Waals surface area contributed by atoms with Crippen LogP contribution in [0.3, 0.4) is 0 Å². The largest absolute Gasteiger partial charge is 0.478 e. The summed E-state index contributed by atoms with van der Waals surface area (Å²) in [4.78, 5) is 21.3. The molecule has 5 nitrogen and oxygen atoms in total. The number of carbonyl (C=O) groups is 2. The van der Waals surface area contributed by atoms with Crippen LogP contribution in [0, 0.1) is 0 Å². The van der Waals surface area contributed by atoms with Crippen molar-refractivity contribution in [2.75, 3.05) is 5.32 Å². The lowest BCUT2D eigenvalue weighted by atomic mass is 10.2. The molecule has 0 saturated carbocycles. The lowest BCUT2D eigenvalue weighted by Crippen LogP contribution is -2.08. The number of anilines is 1. The minimum absolute atomic E-state index is 0.0624. The van der Waals surface area contributed by atoms with E-state index >= 15 is 0 Å². The Bertz CT molecular complexity index is 408. The van der Waals surface area contributed by atoms with Crippen molar-refractivity contribution in [2.24, 2.45) is 0 Å². The summed E-state index contributed by atoms with van der Waals surface area (Å²) in [6.45, 7) is -0.0624. The smallest absolute Gasteiger partial charge is 0.328 e. The van der Waals surface area contributed by atoms with Gasteiger partial charge in [-0.2, -0.15) is 0 Å². The number of rotatable bonds is 4. The first-order valence-electron chi connectivity index (χ1n) is 4.53. The Morgan fingerprint density at radius 3 is 2.31 bits per heavy atom. The Balaban J connectivity index is 2.59. The van der Waals surface area contributed by atoms with Gasteiger partial charge in [0.15, 0.2) is 0 Å². The monoisotopic (exact) mass is 221 g/mol. The first-order chi connectivity index (χ1) is 7.61. The van der Waals surface area contributed by atoms with Crippen LogP contribution < -0.4 is 5.32 Å². The van der Waals surface area contributed by atoms with Gasteiger partial charge in [-0.15, -0.1) is 0 Å². The summed E-state index contributed by atoms with van der Waals surface area (Å²) >= 11 is 0. The third-order valence-electron chi connectivity index (χ3n) is 1.78. The maximum Gasteiger partial charge on any atom is 0.328 e. The minimum atomic E-state index is -1.18. The molecule has 1 amide bonds. The fourth-order valence-corrected chi connectivity index (χ4v) is 1.02. The molecule has 0 unspecified atom stereocenters. The third kappa shape index (κ3) is 3.93. The van der Waals surface area contributed by atoms with Gasteiger partial charge in [-0.25, -0.2) is 4.79 Å². The van der Waals surface area contributed by atoms with Crippen molar-refractivity contribution in [3.8, 4) is 0 Å². The van der Waals surface area contributed by atoms with Crippen molar-refractivity contribution in [3.63, 3.8) is 0 Å². The van der Waals surface area contributed by atoms with Crippen molar-refractivity contribution < 1.29 is 19.8 Å². The van der Waals surface area contributed by atoms with Crippen LogP contribution in [-0.4, -0.2) is 22.1 Å². The van der Waals surface area contributed by atoms with Gasteiger partial charge in [0.05, 0.1) is 6.61 Å². The molecule has 0 saturated heterocycles. The topological polar surface area (TPSA) is 86.6 Å². The molecule has 16 heavy (non-hydrogen) atoms. The number of hydrogen-bond donors (Lipinski definition) is 3. The highest BCUT2D eigenvalue weighted by Gasteiger charge is 1.98. The Kier molecular flexibility index (Phi) is 4.23. The van der Waals surface area contributed by atoms with Crippen LogP contribution in [0.4, 0.5) is 5.69 Å². The van der Waals surface area contributed by atoms with Crippen LogP contribution in [0.25, 0.3) is 0 Å². The molecular formula is C11H11NO4. The molecule has 3 N–H and O–H groups in total. The molecule has 1 aromatic carbocycles. The molecule has 0 heterocycles. The fourth-order valence-electron chi connectivity index (χ4n) is 1.02. The van der Waals surface area contributed by atoms with Crippen LogP contribution in [0.2, 0.25) is 0 Å². The van der Waals surface area contributed by atoms with Gasteiger partial charge in [0, 0.05) is 17.8 Å². The zero-order valence-electron chi connectivity index (χ0n) is 8.38. The predicted octanol–water partition coefficient (Wildman–Crippen LogP) is 0.758. The van der Waals surface area contributed by atoms with Gasteiger partial charge < -0.3 is 15.5 Å². The molecule has 84 valence electrons. The number of aliphatic carboxylic acids is 1. The molecule has 0 aliphatic carbocycles. The molecule has 0 aliphatic heterocycles. The van der Waals surface area contributed by atoms with Gasteiger partial charge in [0.1, 0.15) is 0 Å². The van der Waals surface area contributed by atoms with Gasteiger partial charge in [-0.1, -0.05) is 12.1 Å². The van der Waals surface area contributed by atoms with E-state index in [2.05, 4.69) is 5.32 Å². The molecule has 0 bridgehead atoms. The SMILES string of the molecule is O=C(O)/C=C\C(=O)Nc1ccc(CO)cc1. The van der Waals surface area contributed by atoms with E-state index in [0.717, 1.165) is 17.7 Å². The Hall–Kier alpha value is -2.14. The van der Waals surface area contributed by atoms with E-state index in [1.807, 2.05) is 0 Å². The highest BCUT2D eigenvalue weighted by molar-refractivity contribution is 6.02. The molecule has 0 fully saturated rings. The van der Waals surface area contributed by atoms with Crippen LogP contribution in [0.1, 0.15) is 5.56 Å². The molecule has 0 atom stereocenters. The van der Waals surface area contributed by atoms with Gasteiger partial charge in [0.2, 0.25) is 5.91 Å². The molecular weight excluding hydrogens is 210 g/mol. The second kappa shape index (κ2) is 5.67. The predicted molar refractivity (Wildman–Crippen MR) is 57.8 cm³/mol. The van der Waals surface area contributed by atoms with Crippen molar-refractivity contribution >= 4 is 17.6 Å². The first kappa shape index (κ1) is 11.9. The summed E-state index contributed by atoms with van der Waals surface area (Å²) in [5.74, 6) is -1.69. The van der Waals surface area contributed by atoms with E-state index in [-0.39, 0.29) is 6.61 Å². The van der Waals surface area contributed by atoms with Crippen LogP contribution in [0.5, 0.6) is 0 Å². The number of benzene rings is 1. The maximum absolute atomic E-state index is 11.2. The highest BCUT2D eigenvalue weighted by atomic mass is 16.4. The summed E-state index contributed by atoms with van der Waals surface area (Å²) in [5.41, 5.74) is 1.27. The molecule has 1 rings (SSSR count). The van der Waals surface area contributed by atoms with Crippen LogP contribution >= 0.6 is 0 Å². The summed E-state index contributed by atoms with van der Waals surface area (Å²) in [5, 5.41) is 19.6. The summed E-state index contributed by atoms with van der Waals surface area (Å²) in [6, 6.07) is 6.57. The average molecular weight is 221 g/mol. The highest BCUT2D eigenvalue weighted by Crippen LogP contribution is 2.09. The molecule has 0 aliphatic rings. The van der Waals surface area contributed by atoms with Crippen LogP contribution in [0.15, 0.2) is 36.4 Å². The van der Waals surface area contributed by atoms with Crippen molar-refractivity contribution in [1.29, 1.82) is 0 Å². The van der Waals surface area contributed by atoms with Crippen molar-refractivity contribution in [2.45, 2.75) is 6.61 Å².